The average molecular weight is 514 g/mol. The quantitative estimate of drug-likeness (QED) is 0.384. The molecule has 0 unspecified atom stereocenters. The molecule has 3 aromatic heterocycles. The number of nitrogens with zero attached hydrogens (tertiary/aromatic N) is 5. The number of fused-ring (bicyclic) bond motifs is 1. The molecule has 1 aliphatic heterocycles. The number of pyridine rings is 1. The number of halogens is 3. The first-order valence-corrected chi connectivity index (χ1v) is 11.9. The molecule has 1 aromatic carbocycles. The molecule has 1 aliphatic rings. The Morgan fingerprint density at radius 2 is 1.76 bits per heavy atom. The molecule has 194 valence electrons. The van der Waals surface area contributed by atoms with Gasteiger partial charge in [-0.1, -0.05) is 0 Å². The minimum Gasteiger partial charge on any atom is -0.439 e. The van der Waals surface area contributed by atoms with Crippen molar-refractivity contribution in [3.63, 3.8) is 0 Å². The summed E-state index contributed by atoms with van der Waals surface area (Å²) in [6, 6.07) is 9.41. The molecule has 1 saturated heterocycles. The minimum atomic E-state index is -4.43. The number of aromatic nitrogens is 4. The highest BCUT2D eigenvalue weighted by molar-refractivity contribution is 5.92. The van der Waals surface area contributed by atoms with Gasteiger partial charge in [0, 0.05) is 57.1 Å². The SMILES string of the molecule is Cc1nc(Oc2ccc(C(F)(F)F)cc2)cc(-c2cn(CCN3CCOCC3)c3ccc(=O)n(C)c23)n1. The molecule has 0 saturated carbocycles. The number of hydrogen-bond acceptors (Lipinski definition) is 6. The molecule has 0 aliphatic carbocycles. The summed E-state index contributed by atoms with van der Waals surface area (Å²) in [4.78, 5) is 23.7. The Balaban J connectivity index is 1.49. The summed E-state index contributed by atoms with van der Waals surface area (Å²) in [6.07, 6.45) is -2.46. The Labute approximate surface area is 210 Å². The number of hydrogen-bond donors (Lipinski definition) is 0. The molecule has 0 spiro atoms. The number of alkyl halides is 3. The van der Waals surface area contributed by atoms with Crippen molar-refractivity contribution in [2.75, 3.05) is 32.8 Å². The van der Waals surface area contributed by atoms with Crippen LogP contribution in [0.15, 0.2) is 53.5 Å². The van der Waals surface area contributed by atoms with Crippen molar-refractivity contribution in [1.82, 2.24) is 24.0 Å². The number of benzene rings is 1. The molecular formula is C26H26F3N5O3. The Hall–Kier alpha value is -3.70. The molecule has 11 heteroatoms. The third-order valence-electron chi connectivity index (χ3n) is 6.40. The lowest BCUT2D eigenvalue weighted by molar-refractivity contribution is -0.137. The molecule has 8 nitrogen and oxygen atoms in total. The van der Waals surface area contributed by atoms with Gasteiger partial charge >= 0.3 is 6.18 Å². The maximum atomic E-state index is 12.9. The Morgan fingerprint density at radius 3 is 2.46 bits per heavy atom. The van der Waals surface area contributed by atoms with E-state index in [0.717, 1.165) is 48.4 Å². The maximum absolute atomic E-state index is 12.9. The molecule has 4 heterocycles. The second-order valence-corrected chi connectivity index (χ2v) is 8.92. The molecule has 5 rings (SSSR count). The summed E-state index contributed by atoms with van der Waals surface area (Å²) in [5.41, 5.74) is 2.00. The van der Waals surface area contributed by atoms with E-state index in [-0.39, 0.29) is 17.2 Å². The fraction of sp³-hybridized carbons (Fsp3) is 0.346. The topological polar surface area (TPSA) is 74.4 Å². The van der Waals surface area contributed by atoms with Gasteiger partial charge in [-0.25, -0.2) is 4.98 Å². The predicted octanol–water partition coefficient (Wildman–Crippen LogP) is 4.25. The molecule has 37 heavy (non-hydrogen) atoms. The molecule has 0 bridgehead atoms. The monoisotopic (exact) mass is 513 g/mol. The van der Waals surface area contributed by atoms with Crippen LogP contribution in [0.4, 0.5) is 13.2 Å². The number of ether oxygens (including phenoxy) is 2. The van der Waals surface area contributed by atoms with Crippen LogP contribution in [0.25, 0.3) is 22.3 Å². The van der Waals surface area contributed by atoms with Gasteiger partial charge in [0.15, 0.2) is 0 Å². The van der Waals surface area contributed by atoms with Crippen LogP contribution in [0.1, 0.15) is 11.4 Å². The van der Waals surface area contributed by atoms with Crippen molar-refractivity contribution in [2.24, 2.45) is 7.05 Å². The number of aryl methyl sites for hydroxylation is 2. The van der Waals surface area contributed by atoms with Crippen LogP contribution in [0.2, 0.25) is 0 Å². The summed E-state index contributed by atoms with van der Waals surface area (Å²) in [7, 11) is 1.72. The van der Waals surface area contributed by atoms with E-state index >= 15 is 0 Å². The van der Waals surface area contributed by atoms with Crippen molar-refractivity contribution >= 4 is 11.0 Å². The Kier molecular flexibility index (Phi) is 6.74. The third-order valence-corrected chi connectivity index (χ3v) is 6.40. The van der Waals surface area contributed by atoms with Crippen LogP contribution in [0, 0.1) is 6.92 Å². The minimum absolute atomic E-state index is 0.147. The predicted molar refractivity (Wildman–Crippen MR) is 132 cm³/mol. The van der Waals surface area contributed by atoms with Gasteiger partial charge in [-0.05, 0) is 37.3 Å². The van der Waals surface area contributed by atoms with Crippen molar-refractivity contribution < 1.29 is 22.6 Å². The van der Waals surface area contributed by atoms with Crippen LogP contribution in [-0.4, -0.2) is 56.9 Å². The summed E-state index contributed by atoms with van der Waals surface area (Å²) < 4.78 is 53.6. The standard InChI is InChI=1S/C26H26F3N5O3/c1-17-30-21(15-23(31-17)37-19-5-3-18(4-6-19)26(27,28)29)20-16-34(10-9-33-11-13-36-14-12-33)22-7-8-24(35)32(2)25(20)22/h3-8,15-16H,9-14H2,1-2H3. The summed E-state index contributed by atoms with van der Waals surface area (Å²) in [5.74, 6) is 0.837. The van der Waals surface area contributed by atoms with E-state index in [1.165, 1.54) is 12.1 Å². The van der Waals surface area contributed by atoms with Crippen LogP contribution in [0.5, 0.6) is 11.6 Å². The average Bonchev–Trinajstić information content (AvgIpc) is 3.24. The van der Waals surface area contributed by atoms with E-state index in [1.807, 2.05) is 12.3 Å². The number of morpholine rings is 1. The first-order chi connectivity index (χ1) is 17.7. The molecule has 0 radical (unpaired) electrons. The van der Waals surface area contributed by atoms with Gasteiger partial charge in [-0.3, -0.25) is 9.69 Å². The highest BCUT2D eigenvalue weighted by Gasteiger charge is 2.30. The van der Waals surface area contributed by atoms with Crippen LogP contribution < -0.4 is 10.3 Å². The highest BCUT2D eigenvalue weighted by atomic mass is 19.4. The van der Waals surface area contributed by atoms with Crippen LogP contribution >= 0.6 is 0 Å². The van der Waals surface area contributed by atoms with Crippen molar-refractivity contribution in [1.29, 1.82) is 0 Å². The van der Waals surface area contributed by atoms with Gasteiger partial charge in [0.25, 0.3) is 5.56 Å². The second-order valence-electron chi connectivity index (χ2n) is 8.92. The molecule has 0 amide bonds. The van der Waals surface area contributed by atoms with Crippen molar-refractivity contribution in [2.45, 2.75) is 19.6 Å². The Morgan fingerprint density at radius 1 is 1.03 bits per heavy atom. The lowest BCUT2D eigenvalue weighted by Gasteiger charge is -2.26. The summed E-state index contributed by atoms with van der Waals surface area (Å²) >= 11 is 0. The maximum Gasteiger partial charge on any atom is 0.416 e. The summed E-state index contributed by atoms with van der Waals surface area (Å²) in [5, 5.41) is 0. The zero-order valence-corrected chi connectivity index (χ0v) is 20.5. The van der Waals surface area contributed by atoms with E-state index in [0.29, 0.717) is 31.3 Å². The van der Waals surface area contributed by atoms with Gasteiger partial charge in [0.1, 0.15) is 11.6 Å². The van der Waals surface area contributed by atoms with Crippen molar-refractivity contribution in [3.05, 3.63) is 70.4 Å². The van der Waals surface area contributed by atoms with Gasteiger partial charge in [-0.15, -0.1) is 0 Å². The first-order valence-electron chi connectivity index (χ1n) is 11.9. The largest absolute Gasteiger partial charge is 0.439 e. The van der Waals surface area contributed by atoms with E-state index in [1.54, 1.807) is 30.7 Å². The van der Waals surface area contributed by atoms with E-state index in [9.17, 15) is 18.0 Å². The zero-order valence-electron chi connectivity index (χ0n) is 20.5. The van der Waals surface area contributed by atoms with Crippen LogP contribution in [-0.2, 0) is 24.5 Å². The van der Waals surface area contributed by atoms with Crippen LogP contribution in [0.3, 0.4) is 0 Å². The molecular weight excluding hydrogens is 487 g/mol. The van der Waals surface area contributed by atoms with E-state index in [2.05, 4.69) is 19.4 Å². The normalized spacial score (nSPS) is 14.8. The van der Waals surface area contributed by atoms with Crippen molar-refractivity contribution in [3.8, 4) is 22.9 Å². The third kappa shape index (κ3) is 5.37. The Bertz CT molecular complexity index is 1470. The van der Waals surface area contributed by atoms with Gasteiger partial charge < -0.3 is 18.6 Å². The second kappa shape index (κ2) is 9.98. The first kappa shape index (κ1) is 25.0. The fourth-order valence-corrected chi connectivity index (χ4v) is 4.47. The highest BCUT2D eigenvalue weighted by Crippen LogP contribution is 2.33. The van der Waals surface area contributed by atoms with Gasteiger partial charge in [-0.2, -0.15) is 18.2 Å². The summed E-state index contributed by atoms with van der Waals surface area (Å²) in [6.45, 7) is 6.44. The molecule has 4 aromatic rings. The van der Waals surface area contributed by atoms with Gasteiger partial charge in [0.05, 0.1) is 35.5 Å². The fourth-order valence-electron chi connectivity index (χ4n) is 4.47. The smallest absolute Gasteiger partial charge is 0.416 e. The molecule has 0 N–H and O–H groups in total. The van der Waals surface area contributed by atoms with E-state index in [4.69, 9.17) is 9.47 Å². The lowest BCUT2D eigenvalue weighted by atomic mass is 10.2. The zero-order chi connectivity index (χ0) is 26.2. The molecule has 0 atom stereocenters. The van der Waals surface area contributed by atoms with E-state index < -0.39 is 11.7 Å². The van der Waals surface area contributed by atoms with Gasteiger partial charge in [0.2, 0.25) is 5.88 Å². The number of rotatable bonds is 6. The molecule has 1 fully saturated rings. The lowest BCUT2D eigenvalue weighted by Crippen LogP contribution is -2.38.